The summed E-state index contributed by atoms with van der Waals surface area (Å²) in [6.45, 7) is 0. The van der Waals surface area contributed by atoms with Crippen LogP contribution < -0.4 is 4.90 Å². The average Bonchev–Trinajstić information content (AvgIpc) is 2.81. The van der Waals surface area contributed by atoms with Gasteiger partial charge in [0.2, 0.25) is 5.78 Å². The SMILES string of the molecule is O=C(O)C[C@H]1C(=O)C(=O)N(c2ccccc2)[C@H]1c1ccccc1. The number of carbonyl (C=O) groups excluding carboxylic acids is 2. The van der Waals surface area contributed by atoms with E-state index < -0.39 is 29.6 Å². The number of nitrogens with zero attached hydrogens (tertiary/aromatic N) is 1. The van der Waals surface area contributed by atoms with Crippen LogP contribution in [0.5, 0.6) is 0 Å². The lowest BCUT2D eigenvalue weighted by atomic mass is 9.90. The Bertz CT molecular complexity index is 742. The molecule has 1 aliphatic heterocycles. The second-order valence-electron chi connectivity index (χ2n) is 5.43. The summed E-state index contributed by atoms with van der Waals surface area (Å²) in [5.74, 6) is -3.28. The van der Waals surface area contributed by atoms with Gasteiger partial charge in [0.25, 0.3) is 5.91 Å². The van der Waals surface area contributed by atoms with Crippen LogP contribution in [0.4, 0.5) is 5.69 Å². The van der Waals surface area contributed by atoms with Crippen LogP contribution in [-0.4, -0.2) is 22.8 Å². The van der Waals surface area contributed by atoms with Gasteiger partial charge in [0.15, 0.2) is 0 Å². The number of amides is 1. The Hall–Kier alpha value is -2.95. The highest BCUT2D eigenvalue weighted by Gasteiger charge is 2.49. The molecule has 0 unspecified atom stereocenters. The van der Waals surface area contributed by atoms with Gasteiger partial charge in [0, 0.05) is 5.69 Å². The molecule has 1 heterocycles. The zero-order chi connectivity index (χ0) is 16.4. The number of anilines is 1. The van der Waals surface area contributed by atoms with Crippen LogP contribution in [0.1, 0.15) is 18.0 Å². The van der Waals surface area contributed by atoms with Crippen LogP contribution in [0.25, 0.3) is 0 Å². The van der Waals surface area contributed by atoms with Crippen LogP contribution in [0.15, 0.2) is 60.7 Å². The highest BCUT2D eigenvalue weighted by Crippen LogP contribution is 2.40. The van der Waals surface area contributed by atoms with E-state index in [4.69, 9.17) is 5.11 Å². The summed E-state index contributed by atoms with van der Waals surface area (Å²) >= 11 is 0. The van der Waals surface area contributed by atoms with Gasteiger partial charge >= 0.3 is 5.97 Å². The fourth-order valence-electron chi connectivity index (χ4n) is 3.02. The second-order valence-corrected chi connectivity index (χ2v) is 5.43. The molecule has 1 N–H and O–H groups in total. The Morgan fingerprint density at radius 2 is 1.52 bits per heavy atom. The molecule has 23 heavy (non-hydrogen) atoms. The fourth-order valence-corrected chi connectivity index (χ4v) is 3.02. The van der Waals surface area contributed by atoms with Gasteiger partial charge in [0.1, 0.15) is 0 Å². The van der Waals surface area contributed by atoms with Gasteiger partial charge in [-0.15, -0.1) is 0 Å². The first-order valence-corrected chi connectivity index (χ1v) is 7.29. The minimum absolute atomic E-state index is 0.368. The van der Waals surface area contributed by atoms with Crippen LogP contribution >= 0.6 is 0 Å². The van der Waals surface area contributed by atoms with Gasteiger partial charge in [-0.05, 0) is 17.7 Å². The molecule has 1 fully saturated rings. The van der Waals surface area contributed by atoms with Crippen LogP contribution in [0.2, 0.25) is 0 Å². The van der Waals surface area contributed by atoms with E-state index in [1.807, 2.05) is 24.3 Å². The first-order chi connectivity index (χ1) is 11.1. The number of rotatable bonds is 4. The van der Waals surface area contributed by atoms with E-state index in [1.165, 1.54) is 4.90 Å². The fraction of sp³-hybridized carbons (Fsp3) is 0.167. The van der Waals surface area contributed by atoms with Gasteiger partial charge in [-0.25, -0.2) is 0 Å². The summed E-state index contributed by atoms with van der Waals surface area (Å²) in [7, 11) is 0. The number of para-hydroxylation sites is 1. The van der Waals surface area contributed by atoms with Crippen molar-refractivity contribution in [2.75, 3.05) is 4.90 Å². The lowest BCUT2D eigenvalue weighted by Crippen LogP contribution is -2.29. The zero-order valence-corrected chi connectivity index (χ0v) is 12.3. The maximum Gasteiger partial charge on any atom is 0.304 e. The lowest BCUT2D eigenvalue weighted by molar-refractivity contribution is -0.141. The van der Waals surface area contributed by atoms with Crippen molar-refractivity contribution in [1.82, 2.24) is 0 Å². The summed E-state index contributed by atoms with van der Waals surface area (Å²) < 4.78 is 0. The van der Waals surface area contributed by atoms with Crippen LogP contribution in [0.3, 0.4) is 0 Å². The van der Waals surface area contributed by atoms with Crippen molar-refractivity contribution < 1.29 is 19.5 Å². The maximum absolute atomic E-state index is 12.5. The van der Waals surface area contributed by atoms with E-state index in [0.717, 1.165) is 5.56 Å². The molecule has 1 amide bonds. The van der Waals surface area contributed by atoms with Gasteiger partial charge in [0.05, 0.1) is 18.4 Å². The molecule has 5 heteroatoms. The quantitative estimate of drug-likeness (QED) is 0.880. The van der Waals surface area contributed by atoms with E-state index in [-0.39, 0.29) is 6.42 Å². The topological polar surface area (TPSA) is 74.7 Å². The van der Waals surface area contributed by atoms with Gasteiger partial charge in [-0.2, -0.15) is 0 Å². The standard InChI is InChI=1S/C18H15NO4/c20-15(21)11-14-16(12-7-3-1-4-8-12)19(18(23)17(14)22)13-9-5-2-6-10-13/h1-10,14,16H,11H2,(H,20,21)/t14-,16+/m1/s1. The third-order valence-corrected chi connectivity index (χ3v) is 4.00. The molecule has 0 bridgehead atoms. The molecule has 2 aromatic rings. The predicted octanol–water partition coefficient (Wildman–Crippen LogP) is 2.43. The van der Waals surface area contributed by atoms with Gasteiger partial charge in [-0.3, -0.25) is 19.3 Å². The molecule has 1 saturated heterocycles. The summed E-state index contributed by atoms with van der Waals surface area (Å²) in [6.07, 6.45) is -0.368. The van der Waals surface area contributed by atoms with Crippen LogP contribution in [0, 0.1) is 5.92 Å². The Kier molecular flexibility index (Phi) is 3.93. The number of hydrogen-bond donors (Lipinski definition) is 1. The largest absolute Gasteiger partial charge is 0.481 e. The van der Waals surface area contributed by atoms with Gasteiger partial charge < -0.3 is 5.11 Å². The smallest absolute Gasteiger partial charge is 0.304 e. The van der Waals surface area contributed by atoms with Crippen LogP contribution in [-0.2, 0) is 14.4 Å². The normalized spacial score (nSPS) is 20.8. The number of benzene rings is 2. The average molecular weight is 309 g/mol. The molecule has 0 spiro atoms. The molecular weight excluding hydrogens is 294 g/mol. The van der Waals surface area contributed by atoms with E-state index >= 15 is 0 Å². The zero-order valence-electron chi connectivity index (χ0n) is 12.3. The highest BCUT2D eigenvalue weighted by molar-refractivity contribution is 6.45. The van der Waals surface area contributed by atoms with E-state index in [9.17, 15) is 14.4 Å². The second kappa shape index (κ2) is 6.04. The molecule has 2 aromatic carbocycles. The van der Waals surface area contributed by atoms with E-state index in [0.29, 0.717) is 5.69 Å². The Morgan fingerprint density at radius 3 is 2.09 bits per heavy atom. The van der Waals surface area contributed by atoms with Gasteiger partial charge in [-0.1, -0.05) is 48.5 Å². The predicted molar refractivity (Wildman–Crippen MR) is 83.9 cm³/mol. The molecule has 0 saturated carbocycles. The van der Waals surface area contributed by atoms with Crippen molar-refractivity contribution in [1.29, 1.82) is 0 Å². The van der Waals surface area contributed by atoms with Crippen molar-refractivity contribution >= 4 is 23.3 Å². The summed E-state index contributed by atoms with van der Waals surface area (Å²) in [5, 5.41) is 9.12. The van der Waals surface area contributed by atoms with Crippen molar-refractivity contribution in [3.63, 3.8) is 0 Å². The molecule has 0 aliphatic carbocycles. The molecule has 0 aromatic heterocycles. The first kappa shape index (κ1) is 15.0. The lowest BCUT2D eigenvalue weighted by Gasteiger charge is -2.27. The van der Waals surface area contributed by atoms with Crippen molar-refractivity contribution in [3.05, 3.63) is 66.2 Å². The number of ketones is 1. The monoisotopic (exact) mass is 309 g/mol. The first-order valence-electron chi connectivity index (χ1n) is 7.29. The maximum atomic E-state index is 12.5. The molecule has 3 rings (SSSR count). The molecular formula is C18H15NO4. The third-order valence-electron chi connectivity index (χ3n) is 4.00. The molecule has 5 nitrogen and oxygen atoms in total. The molecule has 2 atom stereocenters. The molecule has 1 aliphatic rings. The number of carbonyl (C=O) groups is 3. The summed E-state index contributed by atoms with van der Waals surface area (Å²) in [6, 6.07) is 17.3. The van der Waals surface area contributed by atoms with Crippen molar-refractivity contribution in [3.8, 4) is 0 Å². The Balaban J connectivity index is 2.11. The van der Waals surface area contributed by atoms with E-state index in [2.05, 4.69) is 0 Å². The minimum Gasteiger partial charge on any atom is -0.481 e. The number of carboxylic acid groups (broad SMARTS) is 1. The van der Waals surface area contributed by atoms with E-state index in [1.54, 1.807) is 36.4 Å². The number of carboxylic acids is 1. The summed E-state index contributed by atoms with van der Waals surface area (Å²) in [5.41, 5.74) is 1.34. The number of aliphatic carboxylic acids is 1. The number of hydrogen-bond acceptors (Lipinski definition) is 3. The molecule has 0 radical (unpaired) electrons. The van der Waals surface area contributed by atoms with Crippen molar-refractivity contribution in [2.24, 2.45) is 5.92 Å². The minimum atomic E-state index is -1.09. The number of Topliss-reactive ketones (excluding diaryl/α,β-unsaturated/α-hetero) is 1. The highest BCUT2D eigenvalue weighted by atomic mass is 16.4. The Morgan fingerprint density at radius 1 is 0.957 bits per heavy atom. The third kappa shape index (κ3) is 2.73. The van der Waals surface area contributed by atoms with Crippen molar-refractivity contribution in [2.45, 2.75) is 12.5 Å². The molecule has 116 valence electrons. The Labute approximate surface area is 133 Å². The summed E-state index contributed by atoms with van der Waals surface area (Å²) in [4.78, 5) is 37.4.